The van der Waals surface area contributed by atoms with Crippen molar-refractivity contribution in [3.05, 3.63) is 106 Å². The summed E-state index contributed by atoms with van der Waals surface area (Å²) in [4.78, 5) is 28.8. The van der Waals surface area contributed by atoms with E-state index in [0.717, 1.165) is 6.07 Å². The van der Waals surface area contributed by atoms with Crippen molar-refractivity contribution in [2.45, 2.75) is 6.04 Å². The second-order valence-corrected chi connectivity index (χ2v) is 8.10. The van der Waals surface area contributed by atoms with Gasteiger partial charge in [-0.05, 0) is 60.2 Å². The first-order valence-corrected chi connectivity index (χ1v) is 11.1. The van der Waals surface area contributed by atoms with Gasteiger partial charge in [0.15, 0.2) is 16.9 Å². The van der Waals surface area contributed by atoms with Crippen LogP contribution in [0.5, 0.6) is 17.2 Å². The molecule has 1 aromatic heterocycles. The van der Waals surface area contributed by atoms with Gasteiger partial charge in [-0.25, -0.2) is 4.39 Å². The Morgan fingerprint density at radius 1 is 1.00 bits per heavy atom. The molecule has 0 bridgehead atoms. The van der Waals surface area contributed by atoms with Gasteiger partial charge in [0.25, 0.3) is 5.91 Å². The highest BCUT2D eigenvalue weighted by atomic mass is 19.1. The average molecular weight is 487 g/mol. The lowest BCUT2D eigenvalue weighted by molar-refractivity contribution is 0.0971. The van der Waals surface area contributed by atoms with Gasteiger partial charge in [0.1, 0.15) is 23.8 Å². The molecule has 7 nitrogen and oxygen atoms in total. The molecule has 0 N–H and O–H groups in total. The van der Waals surface area contributed by atoms with Crippen LogP contribution in [0.3, 0.4) is 0 Å². The fraction of sp³-hybridized carbons (Fsp3) is 0.143. The molecule has 0 radical (unpaired) electrons. The van der Waals surface area contributed by atoms with Crippen molar-refractivity contribution in [3.8, 4) is 17.2 Å². The van der Waals surface area contributed by atoms with Gasteiger partial charge < -0.3 is 18.6 Å². The molecule has 1 atom stereocenters. The van der Waals surface area contributed by atoms with Crippen molar-refractivity contribution in [2.75, 3.05) is 25.7 Å². The van der Waals surface area contributed by atoms with E-state index in [-0.39, 0.29) is 28.9 Å². The van der Waals surface area contributed by atoms with Crippen molar-refractivity contribution >= 4 is 22.6 Å². The second-order valence-electron chi connectivity index (χ2n) is 8.10. The molecular weight excluding hydrogens is 465 g/mol. The molecule has 36 heavy (non-hydrogen) atoms. The van der Waals surface area contributed by atoms with Crippen LogP contribution < -0.4 is 24.5 Å². The summed E-state index contributed by atoms with van der Waals surface area (Å²) in [5.74, 6) is 0.351. The Hall–Kier alpha value is -4.59. The molecule has 0 saturated heterocycles. The van der Waals surface area contributed by atoms with Gasteiger partial charge in [-0.15, -0.1) is 0 Å². The lowest BCUT2D eigenvalue weighted by Gasteiger charge is -2.26. The Bertz CT molecular complexity index is 1540. The van der Waals surface area contributed by atoms with E-state index >= 15 is 0 Å². The third kappa shape index (κ3) is 3.76. The van der Waals surface area contributed by atoms with Crippen LogP contribution in [0.1, 0.15) is 27.7 Å². The van der Waals surface area contributed by atoms with Crippen LogP contribution in [-0.4, -0.2) is 26.7 Å². The number of anilines is 1. The number of benzene rings is 3. The number of carbonyl (C=O) groups excluding carboxylic acids is 1. The van der Waals surface area contributed by atoms with Crippen LogP contribution in [0.4, 0.5) is 10.1 Å². The highest BCUT2D eigenvalue weighted by molar-refractivity contribution is 6.10. The van der Waals surface area contributed by atoms with E-state index in [2.05, 4.69) is 6.58 Å². The van der Waals surface area contributed by atoms with Gasteiger partial charge in [0.2, 0.25) is 5.76 Å². The van der Waals surface area contributed by atoms with Gasteiger partial charge in [-0.1, -0.05) is 18.7 Å². The molecule has 3 aromatic carbocycles. The van der Waals surface area contributed by atoms with E-state index in [9.17, 15) is 14.0 Å². The number of methoxy groups -OCH3 is 2. The molecule has 8 heteroatoms. The monoisotopic (exact) mass is 487 g/mol. The van der Waals surface area contributed by atoms with Crippen LogP contribution in [0.25, 0.3) is 11.0 Å². The van der Waals surface area contributed by atoms with Crippen molar-refractivity contribution in [3.63, 3.8) is 0 Å². The Labute approximate surface area is 205 Å². The van der Waals surface area contributed by atoms with Crippen molar-refractivity contribution in [1.82, 2.24) is 0 Å². The van der Waals surface area contributed by atoms with Crippen molar-refractivity contribution < 1.29 is 27.8 Å². The minimum atomic E-state index is -0.854. The molecule has 1 aliphatic rings. The lowest BCUT2D eigenvalue weighted by Crippen LogP contribution is -2.29. The van der Waals surface area contributed by atoms with Crippen LogP contribution in [-0.2, 0) is 0 Å². The maximum Gasteiger partial charge on any atom is 0.295 e. The number of nitrogens with zero attached hydrogens (tertiary/aromatic N) is 1. The smallest absolute Gasteiger partial charge is 0.295 e. The number of hydrogen-bond acceptors (Lipinski definition) is 6. The largest absolute Gasteiger partial charge is 0.497 e. The molecule has 0 saturated carbocycles. The molecule has 5 rings (SSSR count). The fourth-order valence-electron chi connectivity index (χ4n) is 4.39. The minimum absolute atomic E-state index is 0.0565. The predicted molar refractivity (Wildman–Crippen MR) is 133 cm³/mol. The van der Waals surface area contributed by atoms with E-state index in [1.54, 1.807) is 55.7 Å². The van der Waals surface area contributed by atoms with Crippen LogP contribution in [0.2, 0.25) is 0 Å². The zero-order valence-electron chi connectivity index (χ0n) is 19.6. The maximum atomic E-state index is 14.0. The number of halogens is 1. The first kappa shape index (κ1) is 23.2. The van der Waals surface area contributed by atoms with Crippen LogP contribution in [0.15, 0.2) is 82.5 Å². The average Bonchev–Trinajstić information content (AvgIpc) is 3.20. The predicted octanol–water partition coefficient (Wildman–Crippen LogP) is 5.26. The van der Waals surface area contributed by atoms with Crippen molar-refractivity contribution in [2.24, 2.45) is 0 Å². The highest BCUT2D eigenvalue weighted by Gasteiger charge is 2.44. The van der Waals surface area contributed by atoms with E-state index in [4.69, 9.17) is 18.6 Å². The summed E-state index contributed by atoms with van der Waals surface area (Å²) in [6.07, 6.45) is 1.61. The maximum absolute atomic E-state index is 14.0. The SMILES string of the molecule is C=CCOc1ccc(C2c3c(oc4ccc(F)cc4c3=O)C(=O)N2c2ccc(OC)cc2)cc1OC. The fourth-order valence-corrected chi connectivity index (χ4v) is 4.39. The van der Waals surface area contributed by atoms with E-state index < -0.39 is 23.2 Å². The van der Waals surface area contributed by atoms with Gasteiger partial charge in [-0.3, -0.25) is 14.5 Å². The standard InChI is InChI=1S/C28H22FNO6/c1-4-13-35-22-11-5-16(14-23(22)34-3)25-24-26(31)20-15-17(29)6-12-21(20)36-27(24)28(32)30(25)18-7-9-19(33-2)10-8-18/h4-12,14-15,25H,1,13H2,2-3H3. The normalized spacial score (nSPS) is 14.6. The third-order valence-corrected chi connectivity index (χ3v) is 6.04. The summed E-state index contributed by atoms with van der Waals surface area (Å²) in [5, 5.41) is 0.0565. The topological polar surface area (TPSA) is 78.2 Å². The molecule has 1 amide bonds. The first-order chi connectivity index (χ1) is 17.5. The molecule has 0 aliphatic carbocycles. The summed E-state index contributed by atoms with van der Waals surface area (Å²) < 4.78 is 36.3. The lowest BCUT2D eigenvalue weighted by atomic mass is 9.97. The molecule has 0 fully saturated rings. The molecule has 4 aromatic rings. The molecule has 2 heterocycles. The number of rotatable bonds is 7. The Balaban J connectivity index is 1.75. The number of amides is 1. The molecule has 182 valence electrons. The summed E-state index contributed by atoms with van der Waals surface area (Å²) in [6.45, 7) is 3.93. The summed E-state index contributed by atoms with van der Waals surface area (Å²) in [5.41, 5.74) is 0.887. The molecule has 1 aliphatic heterocycles. The minimum Gasteiger partial charge on any atom is -0.497 e. The number of ether oxygens (including phenoxy) is 3. The quantitative estimate of drug-likeness (QED) is 0.331. The van der Waals surface area contributed by atoms with E-state index in [1.807, 2.05) is 0 Å². The van der Waals surface area contributed by atoms with Gasteiger partial charge in [0.05, 0.1) is 31.2 Å². The Kier molecular flexibility index (Phi) is 5.93. The Morgan fingerprint density at radius 3 is 2.47 bits per heavy atom. The highest BCUT2D eigenvalue weighted by Crippen LogP contribution is 2.43. The van der Waals surface area contributed by atoms with Crippen molar-refractivity contribution in [1.29, 1.82) is 0 Å². The molecule has 1 unspecified atom stereocenters. The summed E-state index contributed by atoms with van der Waals surface area (Å²) in [7, 11) is 3.05. The Morgan fingerprint density at radius 2 is 1.78 bits per heavy atom. The zero-order valence-corrected chi connectivity index (χ0v) is 19.6. The van der Waals surface area contributed by atoms with E-state index in [1.165, 1.54) is 24.1 Å². The van der Waals surface area contributed by atoms with Gasteiger partial charge in [-0.2, -0.15) is 0 Å². The number of carbonyl (C=O) groups is 1. The summed E-state index contributed by atoms with van der Waals surface area (Å²) >= 11 is 0. The van der Waals surface area contributed by atoms with Gasteiger partial charge in [0, 0.05) is 5.69 Å². The summed E-state index contributed by atoms with van der Waals surface area (Å²) in [6, 6.07) is 14.8. The number of fused-ring (bicyclic) bond motifs is 2. The number of hydrogen-bond donors (Lipinski definition) is 0. The second kappa shape index (κ2) is 9.22. The molecule has 0 spiro atoms. The molecular formula is C28H22FNO6. The van der Waals surface area contributed by atoms with Crippen LogP contribution in [0, 0.1) is 5.82 Å². The van der Waals surface area contributed by atoms with E-state index in [0.29, 0.717) is 28.5 Å². The van der Waals surface area contributed by atoms with Gasteiger partial charge >= 0.3 is 0 Å². The van der Waals surface area contributed by atoms with Crippen LogP contribution >= 0.6 is 0 Å². The zero-order chi connectivity index (χ0) is 25.4. The first-order valence-electron chi connectivity index (χ1n) is 11.1. The third-order valence-electron chi connectivity index (χ3n) is 6.04.